The molecule has 0 atom stereocenters. The van der Waals surface area contributed by atoms with Crippen LogP contribution in [0.3, 0.4) is 0 Å². The number of rotatable bonds is 7. The lowest BCUT2D eigenvalue weighted by molar-refractivity contribution is -0.129. The third-order valence-corrected chi connectivity index (χ3v) is 5.42. The lowest BCUT2D eigenvalue weighted by Crippen LogP contribution is -2.46. The van der Waals surface area contributed by atoms with Crippen LogP contribution in [0.2, 0.25) is 0 Å². The Hall–Kier alpha value is -4.39. The van der Waals surface area contributed by atoms with E-state index in [4.69, 9.17) is 30.5 Å². The second kappa shape index (κ2) is 9.93. The highest BCUT2D eigenvalue weighted by molar-refractivity contribution is 6.66. The van der Waals surface area contributed by atoms with Crippen molar-refractivity contribution in [2.75, 3.05) is 36.9 Å². The highest BCUT2D eigenvalue weighted by Crippen LogP contribution is 2.41. The first-order valence-corrected chi connectivity index (χ1v) is 11.1. The number of fused-ring (bicyclic) bond motifs is 1. The number of pyridine rings is 1. The van der Waals surface area contributed by atoms with Gasteiger partial charge in [0.1, 0.15) is 5.82 Å². The normalized spacial score (nSPS) is 13.5. The maximum atomic E-state index is 14.9. The van der Waals surface area contributed by atoms with E-state index in [9.17, 15) is 14.0 Å². The predicted octanol–water partition coefficient (Wildman–Crippen LogP) is 4.39. The molecule has 0 spiro atoms. The lowest BCUT2D eigenvalue weighted by Gasteiger charge is -2.31. The number of amides is 2. The van der Waals surface area contributed by atoms with E-state index >= 15 is 0 Å². The number of ether oxygens (including phenoxy) is 4. The maximum Gasteiger partial charge on any atom is 0.327 e. The van der Waals surface area contributed by atoms with Gasteiger partial charge in [-0.15, -0.1) is 0 Å². The van der Waals surface area contributed by atoms with Crippen LogP contribution in [0.5, 0.6) is 23.0 Å². The molecule has 37 heavy (non-hydrogen) atoms. The molecule has 0 radical (unpaired) electrons. The summed E-state index contributed by atoms with van der Waals surface area (Å²) in [7, 11) is 4.38. The number of carbonyl (C=O) groups is 2. The van der Waals surface area contributed by atoms with Crippen molar-refractivity contribution in [2.24, 2.45) is 0 Å². The molecule has 0 aliphatic carbocycles. The fourth-order valence-electron chi connectivity index (χ4n) is 3.45. The lowest BCUT2D eigenvalue weighted by atomic mass is 10.1. The Morgan fingerprint density at radius 1 is 1.14 bits per heavy atom. The molecule has 0 bridgehead atoms. The van der Waals surface area contributed by atoms with Gasteiger partial charge in [0, 0.05) is 17.8 Å². The quantitative estimate of drug-likeness (QED) is 0.333. The Balaban J connectivity index is 1.71. The first kappa shape index (κ1) is 25.7. The SMILES string of the molecule is COc1cc(Nc2ncc(F)c(N(C(=O)Cl)c3ccc4c(n3)NC(=O)C(C)(C)O4)n2)cc(OC)c1OC. The minimum absolute atomic E-state index is 0.0370. The monoisotopic (exact) mass is 532 g/mol. The zero-order valence-corrected chi connectivity index (χ0v) is 21.1. The molecule has 194 valence electrons. The molecular formula is C23H22ClFN6O6. The fourth-order valence-corrected chi connectivity index (χ4v) is 3.62. The van der Waals surface area contributed by atoms with Crippen LogP contribution in [-0.4, -0.2) is 53.2 Å². The second-order valence-electron chi connectivity index (χ2n) is 8.08. The molecule has 1 aliphatic heterocycles. The predicted molar refractivity (Wildman–Crippen MR) is 132 cm³/mol. The average molecular weight is 533 g/mol. The molecule has 1 aromatic carbocycles. The van der Waals surface area contributed by atoms with Crippen molar-refractivity contribution in [3.05, 3.63) is 36.3 Å². The summed E-state index contributed by atoms with van der Waals surface area (Å²) in [6.45, 7) is 3.18. The second-order valence-corrected chi connectivity index (χ2v) is 8.40. The van der Waals surface area contributed by atoms with Crippen molar-refractivity contribution in [2.45, 2.75) is 19.4 Å². The van der Waals surface area contributed by atoms with Crippen LogP contribution in [0.15, 0.2) is 30.5 Å². The van der Waals surface area contributed by atoms with E-state index in [0.717, 1.165) is 11.1 Å². The Morgan fingerprint density at radius 3 is 2.41 bits per heavy atom. The summed E-state index contributed by atoms with van der Waals surface area (Å²) in [6, 6.07) is 6.03. The van der Waals surface area contributed by atoms with Gasteiger partial charge in [0.2, 0.25) is 11.7 Å². The smallest absolute Gasteiger partial charge is 0.327 e. The maximum absolute atomic E-state index is 14.9. The van der Waals surface area contributed by atoms with Gasteiger partial charge in [0.15, 0.2) is 40.3 Å². The van der Waals surface area contributed by atoms with Gasteiger partial charge in [-0.25, -0.2) is 19.3 Å². The van der Waals surface area contributed by atoms with E-state index in [0.29, 0.717) is 22.9 Å². The molecule has 0 unspecified atom stereocenters. The molecule has 0 saturated carbocycles. The van der Waals surface area contributed by atoms with Crippen LogP contribution in [0.4, 0.5) is 38.3 Å². The summed E-state index contributed by atoms with van der Waals surface area (Å²) in [5.74, 6) is -0.690. The minimum Gasteiger partial charge on any atom is -0.493 e. The zero-order valence-electron chi connectivity index (χ0n) is 20.4. The first-order valence-electron chi connectivity index (χ1n) is 10.7. The largest absolute Gasteiger partial charge is 0.493 e. The standard InChI is InChI=1S/C23H22ClFN6O6/c1-23(2)20(32)29-18-13(37-23)6-7-16(28-18)31(21(24)33)19-12(25)10-26-22(30-19)27-11-8-14(34-3)17(36-5)15(9-11)35-4/h6-10H,1-5H3,(H,26,27,30)(H,28,29,32). The fraction of sp³-hybridized carbons (Fsp3) is 0.261. The third kappa shape index (κ3) is 4.98. The van der Waals surface area contributed by atoms with E-state index in [1.54, 1.807) is 26.0 Å². The number of carbonyl (C=O) groups excluding carboxylic acids is 2. The van der Waals surface area contributed by atoms with Gasteiger partial charge in [-0.3, -0.25) is 9.59 Å². The van der Waals surface area contributed by atoms with Crippen LogP contribution in [0, 0.1) is 5.82 Å². The van der Waals surface area contributed by atoms with Gasteiger partial charge in [0.05, 0.1) is 27.5 Å². The van der Waals surface area contributed by atoms with Gasteiger partial charge in [-0.2, -0.15) is 4.98 Å². The van der Waals surface area contributed by atoms with Crippen LogP contribution in [0.1, 0.15) is 13.8 Å². The van der Waals surface area contributed by atoms with E-state index in [2.05, 4.69) is 25.6 Å². The Kier molecular flexibility index (Phi) is 6.90. The van der Waals surface area contributed by atoms with Crippen molar-refractivity contribution in [1.82, 2.24) is 15.0 Å². The molecule has 0 saturated heterocycles. The number of halogens is 2. The van der Waals surface area contributed by atoms with Gasteiger partial charge in [-0.1, -0.05) is 0 Å². The van der Waals surface area contributed by atoms with Crippen molar-refractivity contribution in [1.29, 1.82) is 0 Å². The van der Waals surface area contributed by atoms with Crippen molar-refractivity contribution in [3.63, 3.8) is 0 Å². The van der Waals surface area contributed by atoms with Gasteiger partial charge < -0.3 is 29.6 Å². The number of methoxy groups -OCH3 is 3. The highest BCUT2D eigenvalue weighted by atomic mass is 35.5. The summed E-state index contributed by atoms with van der Waals surface area (Å²) in [5.41, 5.74) is -0.699. The van der Waals surface area contributed by atoms with E-state index in [-0.39, 0.29) is 23.3 Å². The van der Waals surface area contributed by atoms with Crippen LogP contribution >= 0.6 is 11.6 Å². The van der Waals surface area contributed by atoms with Crippen molar-refractivity contribution >= 4 is 52.0 Å². The summed E-state index contributed by atoms with van der Waals surface area (Å²) in [6.07, 6.45) is 0.862. The molecule has 14 heteroatoms. The van der Waals surface area contributed by atoms with E-state index in [1.165, 1.54) is 33.5 Å². The molecule has 3 aromatic rings. The van der Waals surface area contributed by atoms with E-state index < -0.39 is 28.5 Å². The van der Waals surface area contributed by atoms with Crippen LogP contribution < -0.4 is 34.5 Å². The van der Waals surface area contributed by atoms with Gasteiger partial charge >= 0.3 is 5.37 Å². The average Bonchev–Trinajstić information content (AvgIpc) is 2.85. The van der Waals surface area contributed by atoms with Crippen molar-refractivity contribution < 1.29 is 32.9 Å². The van der Waals surface area contributed by atoms with Crippen LogP contribution in [-0.2, 0) is 4.79 Å². The molecule has 12 nitrogen and oxygen atoms in total. The molecule has 4 rings (SSSR count). The third-order valence-electron chi connectivity index (χ3n) is 5.25. The Morgan fingerprint density at radius 2 is 1.81 bits per heavy atom. The molecule has 3 heterocycles. The molecular weight excluding hydrogens is 511 g/mol. The topological polar surface area (TPSA) is 137 Å². The number of benzene rings is 1. The summed E-state index contributed by atoms with van der Waals surface area (Å²) in [4.78, 5) is 37.6. The summed E-state index contributed by atoms with van der Waals surface area (Å²) < 4.78 is 36.5. The van der Waals surface area contributed by atoms with Crippen molar-refractivity contribution in [3.8, 4) is 23.0 Å². The Labute approximate surface area is 215 Å². The van der Waals surface area contributed by atoms with Crippen LogP contribution in [0.25, 0.3) is 0 Å². The summed E-state index contributed by atoms with van der Waals surface area (Å²) >= 11 is 5.80. The van der Waals surface area contributed by atoms with E-state index in [1.807, 2.05) is 0 Å². The Bertz CT molecular complexity index is 1360. The first-order chi connectivity index (χ1) is 17.6. The number of anilines is 5. The molecule has 1 aliphatic rings. The number of hydrogen-bond acceptors (Lipinski definition) is 10. The van der Waals surface area contributed by atoms with Gasteiger partial charge in [0.25, 0.3) is 5.91 Å². The van der Waals surface area contributed by atoms with Gasteiger partial charge in [-0.05, 0) is 37.6 Å². The molecule has 2 N–H and O–H groups in total. The summed E-state index contributed by atoms with van der Waals surface area (Å²) in [5, 5.41) is 4.39. The minimum atomic E-state index is -1.12. The molecule has 0 fully saturated rings. The molecule has 2 aromatic heterocycles. The number of nitrogens with one attached hydrogen (secondary N) is 2. The number of aromatic nitrogens is 3. The number of nitrogens with zero attached hydrogens (tertiary/aromatic N) is 4. The molecule has 2 amide bonds. The zero-order chi connectivity index (χ0) is 26.9. The highest BCUT2D eigenvalue weighted by Gasteiger charge is 2.37. The number of hydrogen-bond donors (Lipinski definition) is 2.